The van der Waals surface area contributed by atoms with E-state index in [9.17, 15) is 0 Å². The Bertz CT molecular complexity index is 468. The van der Waals surface area contributed by atoms with E-state index in [0.29, 0.717) is 5.16 Å². The smallest absolute Gasteiger partial charge is 0.00281 e. The second-order valence-corrected chi connectivity index (χ2v) is 8.61. The average molecular weight is 256 g/mol. The van der Waals surface area contributed by atoms with E-state index >= 15 is 0 Å². The third-order valence-corrected chi connectivity index (χ3v) is 6.28. The molecule has 18 heavy (non-hydrogen) atoms. The Labute approximate surface area is 112 Å². The second kappa shape index (κ2) is 5.67. The zero-order valence-corrected chi connectivity index (χ0v) is 12.3. The van der Waals surface area contributed by atoms with Crippen molar-refractivity contribution in [3.8, 4) is 0 Å². The van der Waals surface area contributed by atoms with Crippen LogP contribution >= 0.6 is 7.92 Å². The highest BCUT2D eigenvalue weighted by Gasteiger charge is 2.25. The van der Waals surface area contributed by atoms with Crippen molar-refractivity contribution < 1.29 is 0 Å². The van der Waals surface area contributed by atoms with Gasteiger partial charge in [-0.1, -0.05) is 89.4 Å². The summed E-state index contributed by atoms with van der Waals surface area (Å²) in [6, 6.07) is 21.8. The highest BCUT2D eigenvalue weighted by molar-refractivity contribution is 7.66. The van der Waals surface area contributed by atoms with Gasteiger partial charge in [-0.15, -0.1) is 0 Å². The van der Waals surface area contributed by atoms with Crippen LogP contribution in [0.4, 0.5) is 0 Å². The predicted molar refractivity (Wildman–Crippen MR) is 82.9 cm³/mol. The van der Waals surface area contributed by atoms with E-state index in [1.54, 1.807) is 0 Å². The molecule has 2 aromatic carbocycles. The summed E-state index contributed by atoms with van der Waals surface area (Å²) in [4.78, 5) is 0. The lowest BCUT2D eigenvalue weighted by atomic mass is 10.2. The number of rotatable bonds is 3. The van der Waals surface area contributed by atoms with Gasteiger partial charge in [-0.25, -0.2) is 0 Å². The first-order valence-corrected chi connectivity index (χ1v) is 7.97. The molecular formula is C17H21P. The first kappa shape index (κ1) is 13.3. The molecule has 0 saturated carbocycles. The van der Waals surface area contributed by atoms with Gasteiger partial charge in [0.2, 0.25) is 0 Å². The first-order chi connectivity index (χ1) is 8.57. The second-order valence-electron chi connectivity index (χ2n) is 5.58. The normalized spacial score (nSPS) is 13.3. The molecule has 0 N–H and O–H groups in total. The van der Waals surface area contributed by atoms with Crippen LogP contribution in [0.1, 0.15) is 26.3 Å². The van der Waals surface area contributed by atoms with Crippen LogP contribution in [-0.2, 0) is 6.16 Å². The molecule has 1 atom stereocenters. The Hall–Kier alpha value is -1.13. The molecule has 0 aliphatic heterocycles. The van der Waals surface area contributed by atoms with Gasteiger partial charge in [0.1, 0.15) is 0 Å². The highest BCUT2D eigenvalue weighted by atomic mass is 31.1. The molecule has 0 heterocycles. The van der Waals surface area contributed by atoms with Gasteiger partial charge in [0.15, 0.2) is 0 Å². The van der Waals surface area contributed by atoms with Crippen LogP contribution in [0.25, 0.3) is 0 Å². The fourth-order valence-electron chi connectivity index (χ4n) is 2.09. The highest BCUT2D eigenvalue weighted by Crippen LogP contribution is 2.50. The van der Waals surface area contributed by atoms with Crippen molar-refractivity contribution in [2.45, 2.75) is 32.1 Å². The van der Waals surface area contributed by atoms with Crippen molar-refractivity contribution in [2.75, 3.05) is 0 Å². The van der Waals surface area contributed by atoms with Gasteiger partial charge >= 0.3 is 0 Å². The Morgan fingerprint density at radius 2 is 1.28 bits per heavy atom. The van der Waals surface area contributed by atoms with Crippen molar-refractivity contribution in [1.29, 1.82) is 0 Å². The Morgan fingerprint density at radius 1 is 0.778 bits per heavy atom. The van der Waals surface area contributed by atoms with E-state index in [1.165, 1.54) is 17.0 Å². The molecule has 0 spiro atoms. The molecule has 0 bridgehead atoms. The monoisotopic (exact) mass is 256 g/mol. The van der Waals surface area contributed by atoms with Gasteiger partial charge in [0.05, 0.1) is 0 Å². The minimum atomic E-state index is -0.173. The van der Waals surface area contributed by atoms with Crippen molar-refractivity contribution in [3.05, 3.63) is 66.2 Å². The van der Waals surface area contributed by atoms with Crippen LogP contribution in [0, 0.1) is 0 Å². The average Bonchev–Trinajstić information content (AvgIpc) is 2.37. The molecular weight excluding hydrogens is 235 g/mol. The molecule has 2 aromatic rings. The van der Waals surface area contributed by atoms with Gasteiger partial charge < -0.3 is 0 Å². The maximum absolute atomic E-state index is 2.36. The fraction of sp³-hybridized carbons (Fsp3) is 0.294. The first-order valence-electron chi connectivity index (χ1n) is 6.44. The summed E-state index contributed by atoms with van der Waals surface area (Å²) in [5, 5.41) is 1.84. The molecule has 0 aliphatic carbocycles. The molecule has 0 radical (unpaired) electrons. The molecule has 1 heteroatoms. The molecule has 1 unspecified atom stereocenters. The standard InChI is InChI=1S/C17H21P/c1-17(2,3)18(16-12-8-5-9-13-16)14-15-10-6-4-7-11-15/h4-13H,14H2,1-3H3. The summed E-state index contributed by atoms with van der Waals surface area (Å²) in [6.07, 6.45) is 1.17. The van der Waals surface area contributed by atoms with Gasteiger partial charge in [0.25, 0.3) is 0 Å². The predicted octanol–water partition coefficient (Wildman–Crippen LogP) is 4.79. The van der Waals surface area contributed by atoms with Crippen molar-refractivity contribution >= 4 is 13.2 Å². The Balaban J connectivity index is 2.28. The summed E-state index contributed by atoms with van der Waals surface area (Å²) in [5.41, 5.74) is 1.45. The van der Waals surface area contributed by atoms with Crippen molar-refractivity contribution in [3.63, 3.8) is 0 Å². The fourth-order valence-corrected chi connectivity index (χ4v) is 4.63. The Kier molecular flexibility index (Phi) is 4.19. The largest absolute Gasteiger partial charge is 0.0653 e. The lowest BCUT2D eigenvalue weighted by Crippen LogP contribution is -2.20. The third-order valence-electron chi connectivity index (χ3n) is 3.06. The topological polar surface area (TPSA) is 0 Å². The Morgan fingerprint density at radius 3 is 1.78 bits per heavy atom. The lowest BCUT2D eigenvalue weighted by Gasteiger charge is -2.32. The number of benzene rings is 2. The van der Waals surface area contributed by atoms with Crippen LogP contribution in [0.3, 0.4) is 0 Å². The third kappa shape index (κ3) is 3.43. The van der Waals surface area contributed by atoms with Crippen LogP contribution in [0.5, 0.6) is 0 Å². The van der Waals surface area contributed by atoms with E-state index in [4.69, 9.17) is 0 Å². The summed E-state index contributed by atoms with van der Waals surface area (Å²) >= 11 is 0. The van der Waals surface area contributed by atoms with Gasteiger partial charge in [-0.3, -0.25) is 0 Å². The molecule has 0 aliphatic rings. The van der Waals surface area contributed by atoms with Crippen LogP contribution in [0.2, 0.25) is 0 Å². The summed E-state index contributed by atoms with van der Waals surface area (Å²) < 4.78 is 0. The minimum Gasteiger partial charge on any atom is -0.0653 e. The maximum atomic E-state index is 2.36. The van der Waals surface area contributed by atoms with E-state index in [0.717, 1.165) is 0 Å². The van der Waals surface area contributed by atoms with E-state index < -0.39 is 0 Å². The van der Waals surface area contributed by atoms with Crippen molar-refractivity contribution in [1.82, 2.24) is 0 Å². The molecule has 0 aromatic heterocycles. The maximum Gasteiger partial charge on any atom is -0.00281 e. The van der Waals surface area contributed by atoms with Crippen LogP contribution in [-0.4, -0.2) is 5.16 Å². The quantitative estimate of drug-likeness (QED) is 0.692. The molecule has 2 rings (SSSR count). The van der Waals surface area contributed by atoms with Gasteiger partial charge in [-0.05, 0) is 22.2 Å². The molecule has 0 nitrogen and oxygen atoms in total. The molecule has 0 saturated heterocycles. The lowest BCUT2D eigenvalue weighted by molar-refractivity contribution is 0.785. The molecule has 0 amide bonds. The van der Waals surface area contributed by atoms with Crippen LogP contribution < -0.4 is 5.30 Å². The summed E-state index contributed by atoms with van der Waals surface area (Å²) in [7, 11) is -0.173. The summed E-state index contributed by atoms with van der Waals surface area (Å²) in [5.74, 6) is 0. The van der Waals surface area contributed by atoms with Gasteiger partial charge in [-0.2, -0.15) is 0 Å². The minimum absolute atomic E-state index is 0.173. The zero-order valence-electron chi connectivity index (χ0n) is 11.4. The molecule has 94 valence electrons. The van der Waals surface area contributed by atoms with Crippen LogP contribution in [0.15, 0.2) is 60.7 Å². The van der Waals surface area contributed by atoms with E-state index in [-0.39, 0.29) is 7.92 Å². The number of hydrogen-bond acceptors (Lipinski definition) is 0. The molecule has 0 fully saturated rings. The summed E-state index contributed by atoms with van der Waals surface area (Å²) in [6.45, 7) is 7.07. The number of hydrogen-bond donors (Lipinski definition) is 0. The van der Waals surface area contributed by atoms with Crippen molar-refractivity contribution in [2.24, 2.45) is 0 Å². The van der Waals surface area contributed by atoms with E-state index in [2.05, 4.69) is 81.4 Å². The van der Waals surface area contributed by atoms with E-state index in [1.807, 2.05) is 0 Å². The SMILES string of the molecule is CC(C)(C)P(Cc1ccccc1)c1ccccc1. The zero-order chi connectivity index (χ0) is 13.0. The van der Waals surface area contributed by atoms with Gasteiger partial charge in [0, 0.05) is 0 Å².